The molecule has 112 valence electrons. The summed E-state index contributed by atoms with van der Waals surface area (Å²) in [4.78, 5) is 12.5. The van der Waals surface area contributed by atoms with Crippen molar-refractivity contribution < 1.29 is 4.79 Å². The van der Waals surface area contributed by atoms with Crippen LogP contribution in [0, 0.1) is 29.1 Å². The molecular formula is C20H26O. The summed E-state index contributed by atoms with van der Waals surface area (Å²) in [5.41, 5.74) is 3.95. The van der Waals surface area contributed by atoms with Gasteiger partial charge in [-0.2, -0.15) is 0 Å². The molecule has 5 atom stereocenters. The van der Waals surface area contributed by atoms with Gasteiger partial charge in [0.05, 0.1) is 0 Å². The zero-order valence-electron chi connectivity index (χ0n) is 13.3. The number of rotatable bonds is 0. The van der Waals surface area contributed by atoms with E-state index >= 15 is 0 Å². The van der Waals surface area contributed by atoms with E-state index in [9.17, 15) is 4.79 Å². The summed E-state index contributed by atoms with van der Waals surface area (Å²) in [6, 6.07) is 0. The lowest BCUT2D eigenvalue weighted by atomic mass is 9.53. The Bertz CT molecular complexity index is 579. The highest BCUT2D eigenvalue weighted by Crippen LogP contribution is 2.60. The summed E-state index contributed by atoms with van der Waals surface area (Å²) in [7, 11) is 0. The van der Waals surface area contributed by atoms with Crippen molar-refractivity contribution in [3.05, 3.63) is 35.5 Å². The average molecular weight is 282 g/mol. The Kier molecular flexibility index (Phi) is 2.87. The summed E-state index contributed by atoms with van der Waals surface area (Å²) in [5, 5.41) is 0. The van der Waals surface area contributed by atoms with Crippen molar-refractivity contribution in [1.82, 2.24) is 0 Å². The molecule has 1 heteroatoms. The van der Waals surface area contributed by atoms with Crippen molar-refractivity contribution in [3.8, 4) is 0 Å². The van der Waals surface area contributed by atoms with Crippen LogP contribution in [0.25, 0.3) is 0 Å². The second kappa shape index (κ2) is 4.44. The van der Waals surface area contributed by atoms with Crippen molar-refractivity contribution in [1.29, 1.82) is 0 Å². The van der Waals surface area contributed by atoms with Crippen LogP contribution >= 0.6 is 0 Å². The minimum atomic E-state index is -0.0932. The largest absolute Gasteiger partial charge is 0.294 e. The number of hydrogen-bond donors (Lipinski definition) is 0. The molecule has 4 aliphatic rings. The van der Waals surface area contributed by atoms with Gasteiger partial charge in [0, 0.05) is 5.41 Å². The zero-order valence-corrected chi connectivity index (χ0v) is 13.3. The van der Waals surface area contributed by atoms with Crippen LogP contribution in [-0.2, 0) is 4.79 Å². The lowest BCUT2D eigenvalue weighted by Crippen LogP contribution is -2.45. The topological polar surface area (TPSA) is 17.1 Å². The fraction of sp³-hybridized carbons (Fsp3) is 0.650. The van der Waals surface area contributed by atoms with E-state index in [1.807, 2.05) is 0 Å². The Labute approximate surface area is 128 Å². The molecule has 2 fully saturated rings. The molecule has 0 spiro atoms. The van der Waals surface area contributed by atoms with Crippen molar-refractivity contribution in [3.63, 3.8) is 0 Å². The van der Waals surface area contributed by atoms with Crippen LogP contribution in [-0.4, -0.2) is 5.78 Å². The number of ketones is 1. The molecule has 0 aliphatic heterocycles. The van der Waals surface area contributed by atoms with Crippen LogP contribution in [0.4, 0.5) is 0 Å². The Morgan fingerprint density at radius 3 is 2.90 bits per heavy atom. The first kappa shape index (κ1) is 13.5. The molecule has 2 unspecified atom stereocenters. The number of hydrogen-bond acceptors (Lipinski definition) is 1. The third-order valence-corrected chi connectivity index (χ3v) is 7.02. The maximum atomic E-state index is 12.5. The molecule has 0 heterocycles. The first-order chi connectivity index (χ1) is 10.0. The van der Waals surface area contributed by atoms with Gasteiger partial charge in [0.1, 0.15) is 0 Å². The molecule has 21 heavy (non-hydrogen) atoms. The SMILES string of the molecule is C=C1CC2[C@@H]3CC=C4C=C(C)CC[C@@H]4C3CC[C@]2(C)C1=O. The first-order valence-electron chi connectivity index (χ1n) is 8.60. The molecule has 0 saturated heterocycles. The smallest absolute Gasteiger partial charge is 0.164 e. The van der Waals surface area contributed by atoms with Crippen LogP contribution in [0.3, 0.4) is 0 Å². The second-order valence-electron chi connectivity index (χ2n) is 8.10. The Morgan fingerprint density at radius 1 is 1.29 bits per heavy atom. The molecule has 0 bridgehead atoms. The highest BCUT2D eigenvalue weighted by Gasteiger charge is 2.56. The number of carbonyl (C=O) groups excluding carboxylic acids is 1. The molecule has 0 radical (unpaired) electrons. The quantitative estimate of drug-likeness (QED) is 0.580. The average Bonchev–Trinajstić information content (AvgIpc) is 2.70. The van der Waals surface area contributed by atoms with Gasteiger partial charge in [-0.05, 0) is 80.3 Å². The summed E-state index contributed by atoms with van der Waals surface area (Å²) >= 11 is 0. The van der Waals surface area contributed by atoms with Crippen LogP contribution < -0.4 is 0 Å². The standard InChI is InChI=1S/C20H26O/c1-12-4-6-15-14(10-12)5-7-17-16(15)8-9-20(3)18(17)11-13(2)19(20)21/h5,10,15-18H,2,4,6-9,11H2,1,3H3/t15-,16?,17+,18?,20-/m0/s1. The fourth-order valence-corrected chi connectivity index (χ4v) is 5.85. The molecule has 0 aromatic carbocycles. The Morgan fingerprint density at radius 2 is 2.10 bits per heavy atom. The number of fused-ring (bicyclic) bond motifs is 5. The van der Waals surface area contributed by atoms with Crippen molar-refractivity contribution >= 4 is 5.78 Å². The van der Waals surface area contributed by atoms with E-state index in [-0.39, 0.29) is 5.41 Å². The van der Waals surface area contributed by atoms with Crippen LogP contribution in [0.2, 0.25) is 0 Å². The summed E-state index contributed by atoms with van der Waals surface area (Å²) < 4.78 is 0. The highest BCUT2D eigenvalue weighted by molar-refractivity contribution is 6.02. The van der Waals surface area contributed by atoms with Crippen molar-refractivity contribution in [2.75, 3.05) is 0 Å². The van der Waals surface area contributed by atoms with E-state index < -0.39 is 0 Å². The maximum absolute atomic E-state index is 12.5. The highest BCUT2D eigenvalue weighted by atomic mass is 16.1. The predicted octanol–water partition coefficient (Wildman–Crippen LogP) is 4.85. The van der Waals surface area contributed by atoms with Crippen LogP contribution in [0.15, 0.2) is 35.5 Å². The molecule has 2 saturated carbocycles. The van der Waals surface area contributed by atoms with Crippen LogP contribution in [0.1, 0.15) is 52.4 Å². The van der Waals surface area contributed by atoms with E-state index in [4.69, 9.17) is 0 Å². The van der Waals surface area contributed by atoms with Gasteiger partial charge in [-0.3, -0.25) is 4.79 Å². The van der Waals surface area contributed by atoms with E-state index in [0.29, 0.717) is 17.6 Å². The molecule has 1 nitrogen and oxygen atoms in total. The van der Waals surface area contributed by atoms with Gasteiger partial charge in [-0.15, -0.1) is 0 Å². The van der Waals surface area contributed by atoms with Gasteiger partial charge >= 0.3 is 0 Å². The summed E-state index contributed by atoms with van der Waals surface area (Å²) in [6.07, 6.45) is 12.0. The number of Topliss-reactive ketones (excluding diaryl/α,β-unsaturated/α-hetero) is 1. The summed E-state index contributed by atoms with van der Waals surface area (Å²) in [6.45, 7) is 8.54. The third kappa shape index (κ3) is 1.79. The van der Waals surface area contributed by atoms with Crippen molar-refractivity contribution in [2.24, 2.45) is 29.1 Å². The molecule has 4 aliphatic carbocycles. The number of allylic oxidation sites excluding steroid dienone is 5. The van der Waals surface area contributed by atoms with Gasteiger partial charge in [0.2, 0.25) is 0 Å². The van der Waals surface area contributed by atoms with E-state index in [1.54, 1.807) is 11.1 Å². The molecule has 0 amide bonds. The van der Waals surface area contributed by atoms with Crippen molar-refractivity contribution in [2.45, 2.75) is 52.4 Å². The van der Waals surface area contributed by atoms with Gasteiger partial charge < -0.3 is 0 Å². The Hall–Kier alpha value is -1.11. The zero-order chi connectivity index (χ0) is 14.8. The van der Waals surface area contributed by atoms with Gasteiger partial charge in [0.25, 0.3) is 0 Å². The first-order valence-corrected chi connectivity index (χ1v) is 8.60. The molecule has 0 N–H and O–H groups in total. The normalized spacial score (nSPS) is 45.4. The van der Waals surface area contributed by atoms with Gasteiger partial charge in [-0.1, -0.05) is 31.2 Å². The van der Waals surface area contributed by atoms with E-state index in [0.717, 1.165) is 30.3 Å². The lowest BCUT2D eigenvalue weighted by Gasteiger charge is -2.50. The molecule has 0 aromatic heterocycles. The predicted molar refractivity (Wildman–Crippen MR) is 85.8 cm³/mol. The van der Waals surface area contributed by atoms with E-state index in [2.05, 4.69) is 32.6 Å². The van der Waals surface area contributed by atoms with Gasteiger partial charge in [0.15, 0.2) is 5.78 Å². The maximum Gasteiger partial charge on any atom is 0.164 e. The fourth-order valence-electron chi connectivity index (χ4n) is 5.85. The third-order valence-electron chi connectivity index (χ3n) is 7.02. The summed E-state index contributed by atoms with van der Waals surface area (Å²) in [5.74, 6) is 3.22. The second-order valence-corrected chi connectivity index (χ2v) is 8.10. The van der Waals surface area contributed by atoms with E-state index in [1.165, 1.54) is 25.7 Å². The Balaban J connectivity index is 1.69. The minimum absolute atomic E-state index is 0.0932. The molecular weight excluding hydrogens is 256 g/mol. The lowest BCUT2D eigenvalue weighted by molar-refractivity contribution is -0.128. The molecule has 4 rings (SSSR count). The number of carbonyl (C=O) groups is 1. The van der Waals surface area contributed by atoms with Gasteiger partial charge in [-0.25, -0.2) is 0 Å². The molecule has 0 aromatic rings. The minimum Gasteiger partial charge on any atom is -0.294 e. The van der Waals surface area contributed by atoms with Crippen LogP contribution in [0.5, 0.6) is 0 Å². The monoisotopic (exact) mass is 282 g/mol.